The van der Waals surface area contributed by atoms with Gasteiger partial charge in [0.2, 0.25) is 0 Å². The molecule has 0 aromatic carbocycles. The lowest BCUT2D eigenvalue weighted by Crippen LogP contribution is -2.68. The topological polar surface area (TPSA) is 104 Å². The van der Waals surface area contributed by atoms with Crippen LogP contribution in [0.4, 0.5) is 0 Å². The Labute approximate surface area is 170 Å². The van der Waals surface area contributed by atoms with Crippen LogP contribution in [0.15, 0.2) is 23.3 Å². The van der Waals surface area contributed by atoms with Crippen LogP contribution in [0.2, 0.25) is 0 Å². The maximum absolute atomic E-state index is 12.5. The molecule has 4 aliphatic carbocycles. The Balaban J connectivity index is 1.52. The molecule has 1 aliphatic heterocycles. The van der Waals surface area contributed by atoms with Crippen LogP contribution in [-0.4, -0.2) is 51.5 Å². The first-order valence-corrected chi connectivity index (χ1v) is 10.9. The van der Waals surface area contributed by atoms with E-state index in [9.17, 15) is 24.9 Å². The van der Waals surface area contributed by atoms with Gasteiger partial charge in [0.1, 0.15) is 12.9 Å². The first-order chi connectivity index (χ1) is 13.7. The summed E-state index contributed by atoms with van der Waals surface area (Å²) >= 11 is 0. The summed E-state index contributed by atoms with van der Waals surface area (Å²) in [5.41, 5.74) is -1.75. The van der Waals surface area contributed by atoms with Gasteiger partial charge < -0.3 is 24.9 Å². The number of rotatable bonds is 2. The second-order valence-corrected chi connectivity index (χ2v) is 10.2. The number of ether oxygens (including phenoxy) is 1. The number of esters is 1. The summed E-state index contributed by atoms with van der Waals surface area (Å²) in [6.07, 6.45) is 8.13. The second-order valence-electron chi connectivity index (χ2n) is 10.2. The van der Waals surface area contributed by atoms with E-state index in [-0.39, 0.29) is 30.8 Å². The molecule has 6 nitrogen and oxygen atoms in total. The lowest BCUT2D eigenvalue weighted by Gasteiger charge is -2.65. The Hall–Kier alpha value is -1.50. The highest BCUT2D eigenvalue weighted by atomic mass is 16.5. The lowest BCUT2D eigenvalue weighted by molar-refractivity contribution is -0.242. The van der Waals surface area contributed by atoms with Crippen LogP contribution in [-0.2, 0) is 14.3 Å². The summed E-state index contributed by atoms with van der Waals surface area (Å²) < 4.78 is 5.11. The van der Waals surface area contributed by atoms with Gasteiger partial charge in [-0.3, -0.25) is 0 Å². The van der Waals surface area contributed by atoms with Crippen LogP contribution in [0.5, 0.6) is 0 Å². The molecular formula is C23H30O6. The molecule has 7 atom stereocenters. The van der Waals surface area contributed by atoms with Crippen molar-refractivity contribution in [1.82, 2.24) is 0 Å². The molecule has 158 valence electrons. The Morgan fingerprint density at radius 2 is 1.90 bits per heavy atom. The molecule has 0 unspecified atom stereocenters. The minimum absolute atomic E-state index is 0.102. The zero-order valence-corrected chi connectivity index (χ0v) is 16.9. The molecule has 5 rings (SSSR count). The number of hydrogen-bond donors (Lipinski definition) is 3. The molecule has 3 saturated carbocycles. The fraction of sp³-hybridized carbons (Fsp3) is 0.739. The van der Waals surface area contributed by atoms with E-state index in [1.165, 1.54) is 6.08 Å². The summed E-state index contributed by atoms with van der Waals surface area (Å²) in [5.74, 6) is -0.543. The minimum atomic E-state index is -1.19. The number of aldehydes is 1. The van der Waals surface area contributed by atoms with Crippen molar-refractivity contribution in [3.63, 3.8) is 0 Å². The van der Waals surface area contributed by atoms with Crippen molar-refractivity contribution in [3.05, 3.63) is 23.3 Å². The Morgan fingerprint density at radius 3 is 2.59 bits per heavy atom. The van der Waals surface area contributed by atoms with E-state index >= 15 is 0 Å². The third-order valence-corrected chi connectivity index (χ3v) is 9.30. The van der Waals surface area contributed by atoms with Gasteiger partial charge in [0.05, 0.1) is 22.7 Å². The molecule has 0 aromatic rings. The molecule has 29 heavy (non-hydrogen) atoms. The van der Waals surface area contributed by atoms with E-state index in [2.05, 4.69) is 13.0 Å². The normalized spacial score (nSPS) is 51.3. The first kappa shape index (κ1) is 19.5. The van der Waals surface area contributed by atoms with E-state index in [0.29, 0.717) is 38.5 Å². The second kappa shape index (κ2) is 6.02. The van der Waals surface area contributed by atoms with Crippen molar-refractivity contribution >= 4 is 12.3 Å². The molecule has 0 spiro atoms. The van der Waals surface area contributed by atoms with Gasteiger partial charge in [0.15, 0.2) is 0 Å². The average Bonchev–Trinajstić information content (AvgIpc) is 3.21. The first-order valence-electron chi connectivity index (χ1n) is 10.9. The number of fused-ring (bicyclic) bond motifs is 5. The molecule has 6 heteroatoms. The van der Waals surface area contributed by atoms with Gasteiger partial charge in [0.25, 0.3) is 0 Å². The molecule has 0 bridgehead atoms. The highest BCUT2D eigenvalue weighted by molar-refractivity contribution is 5.86. The van der Waals surface area contributed by atoms with Crippen LogP contribution >= 0.6 is 0 Å². The number of carbonyl (C=O) groups is 2. The molecule has 3 N–H and O–H groups in total. The van der Waals surface area contributed by atoms with Crippen LogP contribution in [0.1, 0.15) is 58.3 Å². The summed E-state index contributed by atoms with van der Waals surface area (Å²) in [4.78, 5) is 24.1. The van der Waals surface area contributed by atoms with Crippen LogP contribution in [0.3, 0.4) is 0 Å². The van der Waals surface area contributed by atoms with Crippen LogP contribution in [0, 0.1) is 22.7 Å². The SMILES string of the molecule is C[C@]12CC[C@H]3[C@@H](CC[C@]4(O)C[C@@H](O)CC[C@]34C=O)[C@]1(O)CC=C2C1=CC(=O)OC1. The maximum Gasteiger partial charge on any atom is 0.331 e. The zero-order valence-electron chi connectivity index (χ0n) is 16.9. The van der Waals surface area contributed by atoms with E-state index in [0.717, 1.165) is 23.9 Å². The fourth-order valence-corrected chi connectivity index (χ4v) is 7.74. The van der Waals surface area contributed by atoms with E-state index in [1.807, 2.05) is 0 Å². The highest BCUT2D eigenvalue weighted by Gasteiger charge is 2.70. The molecule has 0 radical (unpaired) electrons. The van der Waals surface area contributed by atoms with Crippen molar-refractivity contribution in [3.8, 4) is 0 Å². The smallest absolute Gasteiger partial charge is 0.331 e. The molecule has 1 heterocycles. The number of aliphatic hydroxyl groups excluding tert-OH is 1. The van der Waals surface area contributed by atoms with Crippen molar-refractivity contribution in [2.75, 3.05) is 6.61 Å². The molecular weight excluding hydrogens is 372 g/mol. The van der Waals surface area contributed by atoms with Crippen molar-refractivity contribution < 1.29 is 29.6 Å². The maximum atomic E-state index is 12.5. The number of aliphatic hydroxyl groups is 3. The largest absolute Gasteiger partial charge is 0.458 e. The predicted octanol–water partition coefficient (Wildman–Crippen LogP) is 1.82. The van der Waals surface area contributed by atoms with Gasteiger partial charge in [0, 0.05) is 23.5 Å². The lowest BCUT2D eigenvalue weighted by atomic mass is 9.41. The summed E-state index contributed by atoms with van der Waals surface area (Å²) in [5, 5.41) is 33.6. The standard InChI is InChI=1S/C23H30O6/c1-20-6-3-17-18(4-8-22(27)11-15(25)2-7-21(17,22)13-24)23(20,28)9-5-16(20)14-10-19(26)29-12-14/h5,10,13,15,17-18,25,27-28H,2-4,6-9,11-12H2,1H3/t15-,17-,18+,20+,21-,22-,23+/m0/s1. The van der Waals surface area contributed by atoms with Crippen molar-refractivity contribution in [2.24, 2.45) is 22.7 Å². The monoisotopic (exact) mass is 402 g/mol. The van der Waals surface area contributed by atoms with Crippen LogP contribution < -0.4 is 0 Å². The minimum Gasteiger partial charge on any atom is -0.458 e. The van der Waals surface area contributed by atoms with Gasteiger partial charge in [-0.25, -0.2) is 4.79 Å². The fourth-order valence-electron chi connectivity index (χ4n) is 7.74. The van der Waals surface area contributed by atoms with Gasteiger partial charge in [-0.15, -0.1) is 0 Å². The number of carbonyl (C=O) groups excluding carboxylic acids is 2. The van der Waals surface area contributed by atoms with E-state index in [1.54, 1.807) is 0 Å². The van der Waals surface area contributed by atoms with E-state index in [4.69, 9.17) is 4.74 Å². The quantitative estimate of drug-likeness (QED) is 0.481. The van der Waals surface area contributed by atoms with Gasteiger partial charge in [-0.05, 0) is 62.4 Å². The van der Waals surface area contributed by atoms with Gasteiger partial charge in [-0.2, -0.15) is 0 Å². The third-order valence-electron chi connectivity index (χ3n) is 9.30. The summed E-state index contributed by atoms with van der Waals surface area (Å²) in [7, 11) is 0. The predicted molar refractivity (Wildman–Crippen MR) is 104 cm³/mol. The Kier molecular flexibility index (Phi) is 4.04. The summed E-state index contributed by atoms with van der Waals surface area (Å²) in [6, 6.07) is 0. The number of cyclic esters (lactones) is 1. The molecule has 0 aromatic heterocycles. The molecule has 5 aliphatic rings. The highest BCUT2D eigenvalue weighted by Crippen LogP contribution is 2.69. The average molecular weight is 402 g/mol. The van der Waals surface area contributed by atoms with Crippen LogP contribution in [0.25, 0.3) is 0 Å². The molecule has 3 fully saturated rings. The van der Waals surface area contributed by atoms with E-state index < -0.39 is 28.1 Å². The Morgan fingerprint density at radius 1 is 1.14 bits per heavy atom. The van der Waals surface area contributed by atoms with Crippen molar-refractivity contribution in [2.45, 2.75) is 75.6 Å². The third kappa shape index (κ3) is 2.28. The van der Waals surface area contributed by atoms with Gasteiger partial charge in [-0.1, -0.05) is 13.0 Å². The summed E-state index contributed by atoms with van der Waals surface area (Å²) in [6.45, 7) is 2.32. The van der Waals surface area contributed by atoms with Gasteiger partial charge >= 0.3 is 5.97 Å². The number of hydrogen-bond acceptors (Lipinski definition) is 6. The van der Waals surface area contributed by atoms with Crippen molar-refractivity contribution in [1.29, 1.82) is 0 Å². The Bertz CT molecular complexity index is 831. The molecule has 0 amide bonds. The zero-order chi connectivity index (χ0) is 20.7. The molecule has 0 saturated heterocycles.